The molecular weight excluding hydrogens is 250 g/mol. The molecule has 20 heavy (non-hydrogen) atoms. The lowest BCUT2D eigenvalue weighted by atomic mass is 9.99. The minimum absolute atomic E-state index is 0.160. The third-order valence-electron chi connectivity index (χ3n) is 3.32. The van der Waals surface area contributed by atoms with Crippen LogP contribution in [0, 0.1) is 13.8 Å². The van der Waals surface area contributed by atoms with Crippen molar-refractivity contribution in [2.24, 2.45) is 0 Å². The van der Waals surface area contributed by atoms with Crippen LogP contribution in [0.5, 0.6) is 5.75 Å². The number of hydrogen-bond donors (Lipinski definition) is 1. The van der Waals surface area contributed by atoms with Gasteiger partial charge in [-0.05, 0) is 51.1 Å². The van der Waals surface area contributed by atoms with Crippen LogP contribution in [-0.2, 0) is 0 Å². The molecule has 0 fully saturated rings. The number of hydrogen-bond acceptors (Lipinski definition) is 3. The molecule has 0 radical (unpaired) electrons. The molecule has 2 aromatic rings. The lowest BCUT2D eigenvalue weighted by molar-refractivity contribution is 0.340. The number of benzene rings is 1. The Morgan fingerprint density at radius 3 is 2.35 bits per heavy atom. The van der Waals surface area contributed by atoms with Gasteiger partial charge < -0.3 is 14.5 Å². The van der Waals surface area contributed by atoms with E-state index in [1.165, 1.54) is 11.1 Å². The second-order valence-corrected chi connectivity index (χ2v) is 4.86. The Morgan fingerprint density at radius 1 is 1.15 bits per heavy atom. The first-order valence-corrected chi connectivity index (χ1v) is 7.18. The molecule has 1 atom stereocenters. The zero-order chi connectivity index (χ0) is 14.5. The van der Waals surface area contributed by atoms with Gasteiger partial charge in [0.2, 0.25) is 0 Å². The second-order valence-electron chi connectivity index (χ2n) is 4.86. The van der Waals surface area contributed by atoms with E-state index in [-0.39, 0.29) is 6.04 Å². The largest absolute Gasteiger partial charge is 0.494 e. The summed E-state index contributed by atoms with van der Waals surface area (Å²) in [4.78, 5) is 0. The molecule has 1 N–H and O–H groups in total. The van der Waals surface area contributed by atoms with E-state index in [2.05, 4.69) is 30.4 Å². The van der Waals surface area contributed by atoms with Crippen LogP contribution in [-0.4, -0.2) is 13.2 Å². The van der Waals surface area contributed by atoms with E-state index >= 15 is 0 Å². The van der Waals surface area contributed by atoms with Gasteiger partial charge in [-0.2, -0.15) is 0 Å². The molecule has 0 spiro atoms. The third kappa shape index (κ3) is 3.23. The Labute approximate surface area is 121 Å². The van der Waals surface area contributed by atoms with E-state index in [9.17, 15) is 0 Å². The molecule has 0 amide bonds. The van der Waals surface area contributed by atoms with Crippen molar-refractivity contribution in [2.75, 3.05) is 13.2 Å². The Balaban J connectivity index is 2.30. The number of rotatable bonds is 6. The number of ether oxygens (including phenoxy) is 1. The Kier molecular flexibility index (Phi) is 4.85. The summed E-state index contributed by atoms with van der Waals surface area (Å²) in [5.74, 6) is 2.83. The van der Waals surface area contributed by atoms with Crippen molar-refractivity contribution < 1.29 is 9.15 Å². The molecule has 1 unspecified atom stereocenters. The normalized spacial score (nSPS) is 12.4. The Bertz CT molecular complexity index is 543. The van der Waals surface area contributed by atoms with Crippen LogP contribution >= 0.6 is 0 Å². The van der Waals surface area contributed by atoms with Gasteiger partial charge in [-0.1, -0.05) is 19.1 Å². The van der Waals surface area contributed by atoms with Crippen molar-refractivity contribution in [3.05, 3.63) is 53.0 Å². The van der Waals surface area contributed by atoms with Crippen LogP contribution < -0.4 is 10.1 Å². The first-order chi connectivity index (χ1) is 9.65. The van der Waals surface area contributed by atoms with Gasteiger partial charge in [0, 0.05) is 5.56 Å². The zero-order valence-electron chi connectivity index (χ0n) is 12.7. The summed E-state index contributed by atoms with van der Waals surface area (Å²) in [5, 5.41) is 3.52. The Hall–Kier alpha value is -1.74. The molecule has 1 aromatic carbocycles. The summed E-state index contributed by atoms with van der Waals surface area (Å²) in [6.07, 6.45) is 0. The van der Waals surface area contributed by atoms with E-state index in [0.29, 0.717) is 6.61 Å². The highest BCUT2D eigenvalue weighted by Crippen LogP contribution is 2.28. The average molecular weight is 273 g/mol. The fraction of sp³-hybridized carbons (Fsp3) is 0.412. The molecule has 0 aliphatic heterocycles. The van der Waals surface area contributed by atoms with Crippen LogP contribution in [0.1, 0.15) is 42.5 Å². The molecule has 2 rings (SSSR count). The maximum atomic E-state index is 5.66. The molecule has 0 saturated carbocycles. The first kappa shape index (κ1) is 14.7. The minimum atomic E-state index is 0.160. The second kappa shape index (κ2) is 6.62. The lowest BCUT2D eigenvalue weighted by Crippen LogP contribution is -2.22. The van der Waals surface area contributed by atoms with Gasteiger partial charge in [0.05, 0.1) is 12.6 Å². The number of nitrogens with one attached hydrogen (secondary N) is 1. The summed E-state index contributed by atoms with van der Waals surface area (Å²) < 4.78 is 11.2. The zero-order valence-corrected chi connectivity index (χ0v) is 12.7. The van der Waals surface area contributed by atoms with Gasteiger partial charge in [-0.25, -0.2) is 0 Å². The fourth-order valence-electron chi connectivity index (χ4n) is 2.47. The van der Waals surface area contributed by atoms with Gasteiger partial charge >= 0.3 is 0 Å². The third-order valence-corrected chi connectivity index (χ3v) is 3.32. The highest BCUT2D eigenvalue weighted by atomic mass is 16.5. The maximum Gasteiger partial charge on any atom is 0.119 e. The van der Waals surface area contributed by atoms with Crippen molar-refractivity contribution in [3.63, 3.8) is 0 Å². The molecule has 1 aromatic heterocycles. The SMILES string of the molecule is CCNC(c1ccc(OCC)cc1)c1cc(C)oc1C. The van der Waals surface area contributed by atoms with Crippen LogP contribution in [0.15, 0.2) is 34.7 Å². The molecule has 108 valence electrons. The highest BCUT2D eigenvalue weighted by Gasteiger charge is 2.18. The van der Waals surface area contributed by atoms with Crippen molar-refractivity contribution in [1.29, 1.82) is 0 Å². The van der Waals surface area contributed by atoms with E-state index in [0.717, 1.165) is 23.8 Å². The van der Waals surface area contributed by atoms with Gasteiger partial charge in [0.1, 0.15) is 17.3 Å². The van der Waals surface area contributed by atoms with Crippen molar-refractivity contribution in [1.82, 2.24) is 5.32 Å². The summed E-state index contributed by atoms with van der Waals surface area (Å²) in [6.45, 7) is 9.70. The van der Waals surface area contributed by atoms with E-state index in [1.54, 1.807) is 0 Å². The molecule has 1 heterocycles. The van der Waals surface area contributed by atoms with Gasteiger partial charge in [0.25, 0.3) is 0 Å². The molecular formula is C17H23NO2. The van der Waals surface area contributed by atoms with E-state index < -0.39 is 0 Å². The predicted octanol–water partition coefficient (Wildman–Crippen LogP) is 3.99. The predicted molar refractivity (Wildman–Crippen MR) is 81.3 cm³/mol. The number of aryl methyl sites for hydroxylation is 2. The standard InChI is InChI=1S/C17H23NO2/c1-5-18-17(16-11-12(3)20-13(16)4)14-7-9-15(10-8-14)19-6-2/h7-11,17-18H,5-6H2,1-4H3. The Morgan fingerprint density at radius 2 is 1.85 bits per heavy atom. The molecule has 0 aliphatic rings. The summed E-state index contributed by atoms with van der Waals surface area (Å²) in [7, 11) is 0. The average Bonchev–Trinajstić information content (AvgIpc) is 2.76. The summed E-state index contributed by atoms with van der Waals surface area (Å²) in [5.41, 5.74) is 2.42. The minimum Gasteiger partial charge on any atom is -0.494 e. The van der Waals surface area contributed by atoms with Gasteiger partial charge in [0.15, 0.2) is 0 Å². The molecule has 3 heteroatoms. The van der Waals surface area contributed by atoms with Crippen LogP contribution in [0.4, 0.5) is 0 Å². The molecule has 0 saturated heterocycles. The van der Waals surface area contributed by atoms with Gasteiger partial charge in [-0.3, -0.25) is 0 Å². The van der Waals surface area contributed by atoms with Gasteiger partial charge in [-0.15, -0.1) is 0 Å². The van der Waals surface area contributed by atoms with E-state index in [4.69, 9.17) is 9.15 Å². The summed E-state index contributed by atoms with van der Waals surface area (Å²) in [6, 6.07) is 10.5. The monoisotopic (exact) mass is 273 g/mol. The molecule has 0 bridgehead atoms. The van der Waals surface area contributed by atoms with Crippen molar-refractivity contribution in [3.8, 4) is 5.75 Å². The first-order valence-electron chi connectivity index (χ1n) is 7.18. The van der Waals surface area contributed by atoms with Crippen molar-refractivity contribution >= 4 is 0 Å². The van der Waals surface area contributed by atoms with Crippen LogP contribution in [0.25, 0.3) is 0 Å². The topological polar surface area (TPSA) is 34.4 Å². The lowest BCUT2D eigenvalue weighted by Gasteiger charge is -2.18. The van der Waals surface area contributed by atoms with E-state index in [1.807, 2.05) is 32.9 Å². The molecule has 0 aliphatic carbocycles. The fourth-order valence-corrected chi connectivity index (χ4v) is 2.47. The smallest absolute Gasteiger partial charge is 0.119 e. The molecule has 3 nitrogen and oxygen atoms in total. The van der Waals surface area contributed by atoms with Crippen LogP contribution in [0.2, 0.25) is 0 Å². The maximum absolute atomic E-state index is 5.66. The number of furan rings is 1. The van der Waals surface area contributed by atoms with Crippen molar-refractivity contribution in [2.45, 2.75) is 33.7 Å². The summed E-state index contributed by atoms with van der Waals surface area (Å²) >= 11 is 0. The quantitative estimate of drug-likeness (QED) is 0.864. The van der Waals surface area contributed by atoms with Crippen LogP contribution in [0.3, 0.4) is 0 Å². The highest BCUT2D eigenvalue weighted by molar-refractivity contribution is 5.37.